The van der Waals surface area contributed by atoms with Crippen LogP contribution in [-0.4, -0.2) is 45.6 Å². The highest BCUT2D eigenvalue weighted by Crippen LogP contribution is 2.34. The third-order valence-corrected chi connectivity index (χ3v) is 6.10. The molecule has 0 aromatic heterocycles. The summed E-state index contributed by atoms with van der Waals surface area (Å²) in [6.45, 7) is 3.20. The number of anilines is 1. The van der Waals surface area contributed by atoms with E-state index in [2.05, 4.69) is 22.3 Å². The molecular formula is C21H27N3O3S. The van der Waals surface area contributed by atoms with Crippen LogP contribution in [0.25, 0.3) is 0 Å². The van der Waals surface area contributed by atoms with E-state index < -0.39 is 10.0 Å². The van der Waals surface area contributed by atoms with Gasteiger partial charge in [-0.25, -0.2) is 8.42 Å². The van der Waals surface area contributed by atoms with E-state index >= 15 is 0 Å². The van der Waals surface area contributed by atoms with Crippen LogP contribution in [0.5, 0.6) is 0 Å². The summed E-state index contributed by atoms with van der Waals surface area (Å²) >= 11 is 0. The largest absolute Gasteiger partial charge is 0.348 e. The van der Waals surface area contributed by atoms with Gasteiger partial charge in [0.2, 0.25) is 10.0 Å². The molecule has 28 heavy (non-hydrogen) atoms. The number of rotatable bonds is 6. The first-order valence-electron chi connectivity index (χ1n) is 9.28. The maximum absolute atomic E-state index is 12.5. The van der Waals surface area contributed by atoms with Gasteiger partial charge >= 0.3 is 0 Å². The molecule has 1 amide bonds. The Morgan fingerprint density at radius 2 is 1.79 bits per heavy atom. The molecule has 0 aliphatic carbocycles. The summed E-state index contributed by atoms with van der Waals surface area (Å²) < 4.78 is 25.5. The summed E-state index contributed by atoms with van der Waals surface area (Å²) in [6.07, 6.45) is 1.82. The molecule has 0 radical (unpaired) electrons. The number of carbonyl (C=O) groups is 1. The van der Waals surface area contributed by atoms with Crippen LogP contribution in [0.4, 0.5) is 5.69 Å². The quantitative estimate of drug-likeness (QED) is 0.807. The van der Waals surface area contributed by atoms with E-state index in [0.29, 0.717) is 24.2 Å². The van der Waals surface area contributed by atoms with Crippen molar-refractivity contribution in [3.8, 4) is 0 Å². The predicted octanol–water partition coefficient (Wildman–Crippen LogP) is 2.39. The highest BCUT2D eigenvalue weighted by molar-refractivity contribution is 7.92. The van der Waals surface area contributed by atoms with Crippen LogP contribution in [0.2, 0.25) is 0 Å². The van der Waals surface area contributed by atoms with E-state index in [-0.39, 0.29) is 11.9 Å². The zero-order chi connectivity index (χ0) is 20.5. The molecule has 1 N–H and O–H groups in total. The molecule has 1 heterocycles. The summed E-state index contributed by atoms with van der Waals surface area (Å²) in [5.74, 6) is -0.161. The van der Waals surface area contributed by atoms with Gasteiger partial charge in [-0.1, -0.05) is 24.3 Å². The standard InChI is InChI=1S/C21H27N3O3S/c1-15-11-19-12-18(9-10-20(19)24(15)28(4,26)27)21(25)22-13-16-5-7-17(8-6-16)14-23(2)3/h5-10,12,15H,11,13-14H2,1-4H3,(H,22,25)/t15-/m1/s1. The van der Waals surface area contributed by atoms with E-state index in [1.807, 2.05) is 33.2 Å². The smallest absolute Gasteiger partial charge is 0.251 e. The molecule has 150 valence electrons. The van der Waals surface area contributed by atoms with Gasteiger partial charge in [0.25, 0.3) is 5.91 Å². The Labute approximate surface area is 167 Å². The van der Waals surface area contributed by atoms with Gasteiger partial charge in [-0.05, 0) is 62.3 Å². The third kappa shape index (κ3) is 4.54. The molecule has 6 nitrogen and oxygen atoms in total. The lowest BCUT2D eigenvalue weighted by atomic mass is 10.1. The van der Waals surface area contributed by atoms with Crippen molar-refractivity contribution in [1.82, 2.24) is 10.2 Å². The van der Waals surface area contributed by atoms with Gasteiger partial charge in [-0.3, -0.25) is 9.10 Å². The second-order valence-electron chi connectivity index (χ2n) is 7.69. The fraction of sp³-hybridized carbons (Fsp3) is 0.381. The van der Waals surface area contributed by atoms with Crippen molar-refractivity contribution in [2.24, 2.45) is 0 Å². The molecule has 3 rings (SSSR count). The first-order chi connectivity index (χ1) is 13.1. The molecule has 0 fully saturated rings. The molecule has 0 saturated heterocycles. The Kier molecular flexibility index (Phi) is 5.76. The summed E-state index contributed by atoms with van der Waals surface area (Å²) in [7, 11) is 0.731. The maximum Gasteiger partial charge on any atom is 0.251 e. The van der Waals surface area contributed by atoms with Crippen molar-refractivity contribution in [1.29, 1.82) is 0 Å². The first-order valence-corrected chi connectivity index (χ1v) is 11.1. The van der Waals surface area contributed by atoms with Crippen molar-refractivity contribution in [2.75, 3.05) is 24.7 Å². The number of benzene rings is 2. The zero-order valence-electron chi connectivity index (χ0n) is 16.8. The van der Waals surface area contributed by atoms with Crippen LogP contribution in [0, 0.1) is 0 Å². The van der Waals surface area contributed by atoms with Gasteiger partial charge in [0.05, 0.1) is 11.9 Å². The number of amides is 1. The van der Waals surface area contributed by atoms with Crippen LogP contribution >= 0.6 is 0 Å². The summed E-state index contributed by atoms with van der Waals surface area (Å²) in [6, 6.07) is 13.3. The Balaban J connectivity index is 1.67. The molecule has 2 aromatic carbocycles. The summed E-state index contributed by atoms with van der Waals surface area (Å²) in [5, 5.41) is 2.94. The average molecular weight is 402 g/mol. The number of nitrogens with zero attached hydrogens (tertiary/aromatic N) is 2. The summed E-state index contributed by atoms with van der Waals surface area (Å²) in [4.78, 5) is 14.6. The normalized spacial score (nSPS) is 16.3. The van der Waals surface area contributed by atoms with Crippen LogP contribution in [-0.2, 0) is 29.5 Å². The van der Waals surface area contributed by atoms with Crippen LogP contribution in [0.3, 0.4) is 0 Å². The Bertz CT molecular complexity index is 969. The van der Waals surface area contributed by atoms with Crippen molar-refractivity contribution < 1.29 is 13.2 Å². The van der Waals surface area contributed by atoms with E-state index in [0.717, 1.165) is 17.7 Å². The van der Waals surface area contributed by atoms with Crippen molar-refractivity contribution in [3.63, 3.8) is 0 Å². The molecule has 0 unspecified atom stereocenters. The fourth-order valence-electron chi connectivity index (χ4n) is 3.66. The Morgan fingerprint density at radius 3 is 2.39 bits per heavy atom. The minimum atomic E-state index is -3.33. The number of fused-ring (bicyclic) bond motifs is 1. The van der Waals surface area contributed by atoms with E-state index in [1.54, 1.807) is 18.2 Å². The van der Waals surface area contributed by atoms with Crippen molar-refractivity contribution in [2.45, 2.75) is 32.5 Å². The molecule has 7 heteroatoms. The third-order valence-electron chi connectivity index (χ3n) is 4.83. The highest BCUT2D eigenvalue weighted by Gasteiger charge is 2.32. The number of hydrogen-bond donors (Lipinski definition) is 1. The number of hydrogen-bond acceptors (Lipinski definition) is 4. The van der Waals surface area contributed by atoms with Gasteiger partial charge in [0.15, 0.2) is 0 Å². The fourth-order valence-corrected chi connectivity index (χ4v) is 4.93. The van der Waals surface area contributed by atoms with E-state index in [9.17, 15) is 13.2 Å². The van der Waals surface area contributed by atoms with Crippen LogP contribution < -0.4 is 9.62 Å². The first kappa shape index (κ1) is 20.4. The maximum atomic E-state index is 12.5. The zero-order valence-corrected chi connectivity index (χ0v) is 17.6. The van der Waals surface area contributed by atoms with Gasteiger partial charge in [-0.15, -0.1) is 0 Å². The second-order valence-corrected chi connectivity index (χ2v) is 9.55. The topological polar surface area (TPSA) is 69.7 Å². The lowest BCUT2D eigenvalue weighted by Crippen LogP contribution is -2.34. The monoisotopic (exact) mass is 401 g/mol. The molecule has 1 aliphatic heterocycles. The van der Waals surface area contributed by atoms with Crippen LogP contribution in [0.1, 0.15) is 34.0 Å². The molecular weight excluding hydrogens is 374 g/mol. The minimum absolute atomic E-state index is 0.135. The number of nitrogens with one attached hydrogen (secondary N) is 1. The SMILES string of the molecule is C[C@@H]1Cc2cc(C(=O)NCc3ccc(CN(C)C)cc3)ccc2N1S(C)(=O)=O. The van der Waals surface area contributed by atoms with Gasteiger partial charge in [0.1, 0.15) is 0 Å². The Hall–Kier alpha value is -2.38. The lowest BCUT2D eigenvalue weighted by Gasteiger charge is -2.21. The van der Waals surface area contributed by atoms with E-state index in [4.69, 9.17) is 0 Å². The Morgan fingerprint density at radius 1 is 1.14 bits per heavy atom. The highest BCUT2D eigenvalue weighted by atomic mass is 32.2. The minimum Gasteiger partial charge on any atom is -0.348 e. The molecule has 0 bridgehead atoms. The van der Waals surface area contributed by atoms with Gasteiger partial charge < -0.3 is 10.2 Å². The average Bonchev–Trinajstić information content (AvgIpc) is 2.95. The predicted molar refractivity (Wildman–Crippen MR) is 112 cm³/mol. The van der Waals surface area contributed by atoms with E-state index in [1.165, 1.54) is 16.1 Å². The molecule has 0 saturated carbocycles. The molecule has 1 atom stereocenters. The van der Waals surface area contributed by atoms with Crippen molar-refractivity contribution >= 4 is 21.6 Å². The number of carbonyl (C=O) groups excluding carboxylic acids is 1. The van der Waals surface area contributed by atoms with Gasteiger partial charge in [-0.2, -0.15) is 0 Å². The molecule has 1 aliphatic rings. The molecule has 0 spiro atoms. The lowest BCUT2D eigenvalue weighted by molar-refractivity contribution is 0.0951. The summed E-state index contributed by atoms with van der Waals surface area (Å²) in [5.41, 5.74) is 4.37. The number of sulfonamides is 1. The second kappa shape index (κ2) is 7.93. The van der Waals surface area contributed by atoms with Crippen LogP contribution in [0.15, 0.2) is 42.5 Å². The molecule has 2 aromatic rings. The van der Waals surface area contributed by atoms with Crippen molar-refractivity contribution in [3.05, 3.63) is 64.7 Å². The van der Waals surface area contributed by atoms with Gasteiger partial charge in [0, 0.05) is 24.7 Å².